The molecule has 0 spiro atoms. The van der Waals surface area contributed by atoms with Crippen molar-refractivity contribution in [2.24, 2.45) is 0 Å². The number of nitrogens with one attached hydrogen (secondary N) is 1. The number of halogens is 1. The number of amides is 1. The number of anilines is 1. The van der Waals surface area contributed by atoms with Crippen molar-refractivity contribution in [1.82, 2.24) is 14.8 Å². The minimum atomic E-state index is -0.276. The number of benzene rings is 1. The van der Waals surface area contributed by atoms with Gasteiger partial charge in [-0.2, -0.15) is 5.10 Å². The summed E-state index contributed by atoms with van der Waals surface area (Å²) in [5.74, 6) is 0.228. The van der Waals surface area contributed by atoms with Gasteiger partial charge in [0.15, 0.2) is 5.82 Å². The number of pyridine rings is 1. The molecule has 0 atom stereocenters. The van der Waals surface area contributed by atoms with Gasteiger partial charge in [-0.05, 0) is 23.8 Å². The first-order chi connectivity index (χ1) is 12.3. The predicted molar refractivity (Wildman–Crippen MR) is 104 cm³/mol. The van der Waals surface area contributed by atoms with Gasteiger partial charge in [0.05, 0.1) is 17.1 Å². The van der Waals surface area contributed by atoms with Crippen LogP contribution in [0.1, 0.15) is 42.4 Å². The van der Waals surface area contributed by atoms with E-state index in [-0.39, 0.29) is 11.3 Å². The van der Waals surface area contributed by atoms with Crippen LogP contribution in [0.4, 0.5) is 5.82 Å². The number of rotatable bonds is 4. The van der Waals surface area contributed by atoms with Crippen LogP contribution in [-0.4, -0.2) is 20.7 Å². The Kier molecular flexibility index (Phi) is 5.09. The Labute approximate surface area is 158 Å². The predicted octanol–water partition coefficient (Wildman–Crippen LogP) is 4.53. The molecule has 6 heteroatoms. The van der Waals surface area contributed by atoms with Gasteiger partial charge in [-0.1, -0.05) is 50.6 Å². The van der Waals surface area contributed by atoms with Crippen molar-refractivity contribution in [3.8, 4) is 0 Å². The number of carbonyl (C=O) groups excluding carboxylic acids is 1. The van der Waals surface area contributed by atoms with Crippen molar-refractivity contribution in [2.75, 3.05) is 5.32 Å². The summed E-state index contributed by atoms with van der Waals surface area (Å²) < 4.78 is 1.90. The molecular weight excluding hydrogens is 348 g/mol. The minimum Gasteiger partial charge on any atom is -0.305 e. The summed E-state index contributed by atoms with van der Waals surface area (Å²) in [6, 6.07) is 12.8. The first-order valence-electron chi connectivity index (χ1n) is 8.38. The van der Waals surface area contributed by atoms with E-state index in [9.17, 15) is 4.79 Å². The van der Waals surface area contributed by atoms with E-state index < -0.39 is 0 Å². The normalized spacial score (nSPS) is 11.4. The van der Waals surface area contributed by atoms with Crippen LogP contribution < -0.4 is 5.32 Å². The Hall–Kier alpha value is -2.66. The lowest BCUT2D eigenvalue weighted by atomic mass is 9.92. The van der Waals surface area contributed by atoms with Crippen molar-refractivity contribution in [2.45, 2.75) is 32.7 Å². The lowest BCUT2D eigenvalue weighted by Gasteiger charge is -2.20. The van der Waals surface area contributed by atoms with E-state index >= 15 is 0 Å². The molecule has 0 aliphatic carbocycles. The van der Waals surface area contributed by atoms with Gasteiger partial charge in [0.2, 0.25) is 0 Å². The number of hydrogen-bond donors (Lipinski definition) is 1. The molecule has 3 aromatic rings. The maximum Gasteiger partial charge on any atom is 0.258 e. The highest BCUT2D eigenvalue weighted by Crippen LogP contribution is 2.26. The fraction of sp³-hybridized carbons (Fsp3) is 0.250. The average Bonchev–Trinajstić information content (AvgIpc) is 2.98. The first kappa shape index (κ1) is 18.1. The second kappa shape index (κ2) is 7.30. The molecule has 2 heterocycles. The van der Waals surface area contributed by atoms with E-state index in [0.29, 0.717) is 22.9 Å². The maximum absolute atomic E-state index is 12.5. The molecule has 0 aliphatic heterocycles. The lowest BCUT2D eigenvalue weighted by molar-refractivity contribution is 0.102. The van der Waals surface area contributed by atoms with Crippen molar-refractivity contribution in [3.63, 3.8) is 0 Å². The van der Waals surface area contributed by atoms with Crippen molar-refractivity contribution < 1.29 is 4.79 Å². The molecule has 0 saturated carbocycles. The maximum atomic E-state index is 12.5. The van der Waals surface area contributed by atoms with Gasteiger partial charge < -0.3 is 5.32 Å². The van der Waals surface area contributed by atoms with Crippen LogP contribution >= 0.6 is 11.6 Å². The highest BCUT2D eigenvalue weighted by Gasteiger charge is 2.22. The van der Waals surface area contributed by atoms with Crippen LogP contribution in [0.3, 0.4) is 0 Å². The quantitative estimate of drug-likeness (QED) is 0.736. The van der Waals surface area contributed by atoms with E-state index in [4.69, 9.17) is 11.6 Å². The summed E-state index contributed by atoms with van der Waals surface area (Å²) in [6.45, 7) is 6.93. The molecule has 0 saturated heterocycles. The van der Waals surface area contributed by atoms with E-state index in [1.165, 1.54) is 0 Å². The Morgan fingerprint density at radius 3 is 2.62 bits per heavy atom. The summed E-state index contributed by atoms with van der Waals surface area (Å²) in [4.78, 5) is 16.7. The summed E-state index contributed by atoms with van der Waals surface area (Å²) >= 11 is 6.11. The number of aromatic nitrogens is 3. The molecule has 1 aromatic carbocycles. The van der Waals surface area contributed by atoms with Crippen LogP contribution in [-0.2, 0) is 12.0 Å². The average molecular weight is 369 g/mol. The van der Waals surface area contributed by atoms with Crippen LogP contribution in [0.25, 0.3) is 0 Å². The van der Waals surface area contributed by atoms with Gasteiger partial charge in [-0.25, -0.2) is 0 Å². The Morgan fingerprint density at radius 1 is 1.19 bits per heavy atom. The van der Waals surface area contributed by atoms with Crippen LogP contribution in [0, 0.1) is 0 Å². The molecule has 2 aromatic heterocycles. The largest absolute Gasteiger partial charge is 0.305 e. The van der Waals surface area contributed by atoms with Crippen molar-refractivity contribution in [3.05, 3.63) is 76.7 Å². The third-order valence-corrected chi connectivity index (χ3v) is 4.29. The molecule has 3 rings (SSSR count). The number of carbonyl (C=O) groups is 1. The second-order valence-corrected chi connectivity index (χ2v) is 7.52. The van der Waals surface area contributed by atoms with Gasteiger partial charge in [0.25, 0.3) is 5.91 Å². The highest BCUT2D eigenvalue weighted by molar-refractivity contribution is 6.34. The van der Waals surface area contributed by atoms with Crippen LogP contribution in [0.15, 0.2) is 54.9 Å². The molecule has 1 amide bonds. The van der Waals surface area contributed by atoms with E-state index in [2.05, 4.69) is 36.2 Å². The molecule has 134 valence electrons. The van der Waals surface area contributed by atoms with Gasteiger partial charge in [-0.3, -0.25) is 14.5 Å². The Balaban J connectivity index is 1.89. The zero-order valence-electron chi connectivity index (χ0n) is 15.0. The van der Waals surface area contributed by atoms with Gasteiger partial charge in [0, 0.05) is 29.6 Å². The summed E-state index contributed by atoms with van der Waals surface area (Å²) in [6.07, 6.45) is 3.56. The van der Waals surface area contributed by atoms with E-state index in [0.717, 1.165) is 11.3 Å². The third kappa shape index (κ3) is 4.11. The van der Waals surface area contributed by atoms with Gasteiger partial charge in [-0.15, -0.1) is 0 Å². The highest BCUT2D eigenvalue weighted by atomic mass is 35.5. The molecule has 1 N–H and O–H groups in total. The second-order valence-electron chi connectivity index (χ2n) is 7.12. The lowest BCUT2D eigenvalue weighted by Crippen LogP contribution is -2.19. The van der Waals surface area contributed by atoms with Crippen molar-refractivity contribution >= 4 is 23.3 Å². The van der Waals surface area contributed by atoms with Crippen LogP contribution in [0.2, 0.25) is 5.02 Å². The molecule has 5 nitrogen and oxygen atoms in total. The zero-order valence-corrected chi connectivity index (χ0v) is 15.8. The van der Waals surface area contributed by atoms with Crippen molar-refractivity contribution in [1.29, 1.82) is 0 Å². The zero-order chi connectivity index (χ0) is 18.7. The monoisotopic (exact) mass is 368 g/mol. The standard InChI is InChI=1S/C20H21ClN4O/c1-20(2,3)17-11-18(23-19(26)15-8-4-5-9-16(15)21)24-25(17)13-14-7-6-10-22-12-14/h4-12H,13H2,1-3H3,(H,23,24,26). The Morgan fingerprint density at radius 2 is 1.96 bits per heavy atom. The molecular formula is C20H21ClN4O. The van der Waals surface area contributed by atoms with Crippen LogP contribution in [0.5, 0.6) is 0 Å². The Bertz CT molecular complexity index is 913. The molecule has 0 radical (unpaired) electrons. The van der Waals surface area contributed by atoms with E-state index in [1.54, 1.807) is 30.5 Å². The summed E-state index contributed by atoms with van der Waals surface area (Å²) in [7, 11) is 0. The number of hydrogen-bond acceptors (Lipinski definition) is 3. The topological polar surface area (TPSA) is 59.8 Å². The first-order valence-corrected chi connectivity index (χ1v) is 8.75. The molecule has 0 aliphatic rings. The summed E-state index contributed by atoms with van der Waals surface area (Å²) in [5.41, 5.74) is 2.37. The number of nitrogens with zero attached hydrogens (tertiary/aromatic N) is 3. The molecule has 0 fully saturated rings. The van der Waals surface area contributed by atoms with E-state index in [1.807, 2.05) is 29.1 Å². The SMILES string of the molecule is CC(C)(C)c1cc(NC(=O)c2ccccc2Cl)nn1Cc1cccnc1. The smallest absolute Gasteiger partial charge is 0.258 e. The third-order valence-electron chi connectivity index (χ3n) is 3.96. The molecule has 0 unspecified atom stereocenters. The van der Waals surface area contributed by atoms with Gasteiger partial charge >= 0.3 is 0 Å². The molecule has 26 heavy (non-hydrogen) atoms. The fourth-order valence-corrected chi connectivity index (χ4v) is 2.92. The van der Waals surface area contributed by atoms with Gasteiger partial charge in [0.1, 0.15) is 0 Å². The fourth-order valence-electron chi connectivity index (χ4n) is 2.70. The minimum absolute atomic E-state index is 0.122. The summed E-state index contributed by atoms with van der Waals surface area (Å²) in [5, 5.41) is 7.84. The molecule has 0 bridgehead atoms.